The first kappa shape index (κ1) is 27.2. The number of aliphatic hydroxyl groups excluding tert-OH is 1. The van der Waals surface area contributed by atoms with Crippen LogP contribution in [0.25, 0.3) is 5.65 Å². The van der Waals surface area contributed by atoms with Gasteiger partial charge in [-0.15, -0.1) is 5.10 Å². The summed E-state index contributed by atoms with van der Waals surface area (Å²) in [4.78, 5) is 32.1. The van der Waals surface area contributed by atoms with E-state index in [4.69, 9.17) is 15.6 Å². The van der Waals surface area contributed by atoms with Crippen molar-refractivity contribution >= 4 is 29.0 Å². The number of nitrogens with zero attached hydrogens (tertiary/aromatic N) is 4. The van der Waals surface area contributed by atoms with Gasteiger partial charge < -0.3 is 20.5 Å². The molecule has 2 unspecified atom stereocenters. The smallest absolute Gasteiger partial charge is 0.345 e. The first-order valence-corrected chi connectivity index (χ1v) is 13.1. The van der Waals surface area contributed by atoms with Crippen LogP contribution in [-0.4, -0.2) is 51.2 Å². The van der Waals surface area contributed by atoms with E-state index in [-0.39, 0.29) is 53.9 Å². The standard InChI is InChI=1S/C29H29F2N5O4/c1-2-40-29(39)26-27(32)34-36-11-9-25(33-28(26)36)35-16-18(13-23(35)21-15-20(30)7-8-22(21)31)14-24(38)19-5-3-17(4-6-19)10-12-37/h3-9,11,15,18,23,37H,2,10,12-14,16H2,1H3,(H2,32,34). The van der Waals surface area contributed by atoms with E-state index in [1.165, 1.54) is 4.52 Å². The van der Waals surface area contributed by atoms with Crippen molar-refractivity contribution in [2.24, 2.45) is 5.92 Å². The number of hydrogen-bond acceptors (Lipinski definition) is 8. The third-order valence-corrected chi connectivity index (χ3v) is 7.13. The highest BCUT2D eigenvalue weighted by atomic mass is 19.1. The largest absolute Gasteiger partial charge is 0.462 e. The number of halogens is 2. The van der Waals surface area contributed by atoms with E-state index in [0.717, 1.165) is 23.8 Å². The fourth-order valence-corrected chi connectivity index (χ4v) is 5.25. The number of benzene rings is 2. The van der Waals surface area contributed by atoms with Gasteiger partial charge in [-0.1, -0.05) is 24.3 Å². The van der Waals surface area contributed by atoms with Gasteiger partial charge in [0.25, 0.3) is 0 Å². The molecular formula is C29H29F2N5O4. The van der Waals surface area contributed by atoms with Gasteiger partial charge in [0.1, 0.15) is 23.0 Å². The predicted molar refractivity (Wildman–Crippen MR) is 144 cm³/mol. The van der Waals surface area contributed by atoms with Crippen molar-refractivity contribution in [2.75, 3.05) is 30.4 Å². The van der Waals surface area contributed by atoms with Crippen molar-refractivity contribution in [3.05, 3.63) is 88.6 Å². The molecule has 0 aliphatic carbocycles. The number of ether oxygens (including phenoxy) is 1. The van der Waals surface area contributed by atoms with Gasteiger partial charge in [0.2, 0.25) is 0 Å². The molecule has 0 saturated carbocycles. The molecule has 1 aliphatic rings. The number of anilines is 2. The first-order chi connectivity index (χ1) is 19.3. The summed E-state index contributed by atoms with van der Waals surface area (Å²) < 4.78 is 35.7. The number of nitrogens with two attached hydrogens (primary N) is 1. The van der Waals surface area contributed by atoms with Gasteiger partial charge in [-0.05, 0) is 55.5 Å². The molecule has 0 bridgehead atoms. The van der Waals surface area contributed by atoms with E-state index < -0.39 is 23.6 Å². The molecule has 0 amide bonds. The number of fused-ring (bicyclic) bond motifs is 1. The number of rotatable bonds is 9. The maximum absolute atomic E-state index is 15.0. The van der Waals surface area contributed by atoms with Crippen molar-refractivity contribution in [3.63, 3.8) is 0 Å². The lowest BCUT2D eigenvalue weighted by molar-refractivity contribution is 0.0529. The van der Waals surface area contributed by atoms with Gasteiger partial charge in [0, 0.05) is 36.9 Å². The van der Waals surface area contributed by atoms with Crippen LogP contribution in [0.2, 0.25) is 0 Å². The highest BCUT2D eigenvalue weighted by molar-refractivity contribution is 6.01. The number of aliphatic hydroxyl groups is 1. The van der Waals surface area contributed by atoms with Crippen LogP contribution in [0.4, 0.5) is 20.4 Å². The molecule has 2 aromatic heterocycles. The van der Waals surface area contributed by atoms with Gasteiger partial charge in [0.05, 0.1) is 12.6 Å². The summed E-state index contributed by atoms with van der Waals surface area (Å²) in [6.45, 7) is 2.18. The average Bonchev–Trinajstić information content (AvgIpc) is 3.50. The molecule has 0 radical (unpaired) electrons. The Morgan fingerprint density at radius 2 is 1.93 bits per heavy atom. The third-order valence-electron chi connectivity index (χ3n) is 7.13. The number of aromatic nitrogens is 3. The van der Waals surface area contributed by atoms with Gasteiger partial charge in [0.15, 0.2) is 17.2 Å². The first-order valence-electron chi connectivity index (χ1n) is 13.1. The summed E-state index contributed by atoms with van der Waals surface area (Å²) in [7, 11) is 0. The topological polar surface area (TPSA) is 123 Å². The zero-order valence-corrected chi connectivity index (χ0v) is 21.9. The lowest BCUT2D eigenvalue weighted by Crippen LogP contribution is -2.26. The van der Waals surface area contributed by atoms with Crippen LogP contribution in [0, 0.1) is 17.6 Å². The summed E-state index contributed by atoms with van der Waals surface area (Å²) >= 11 is 0. The molecule has 4 aromatic rings. The number of hydrogen-bond donors (Lipinski definition) is 2. The second-order valence-corrected chi connectivity index (χ2v) is 9.77. The lowest BCUT2D eigenvalue weighted by atomic mass is 9.93. The number of carbonyl (C=O) groups excluding carboxylic acids is 2. The van der Waals surface area contributed by atoms with E-state index in [9.17, 15) is 18.4 Å². The third kappa shape index (κ3) is 5.37. The summed E-state index contributed by atoms with van der Waals surface area (Å²) in [6, 6.07) is 11.5. The van der Waals surface area contributed by atoms with E-state index in [1.807, 2.05) is 17.0 Å². The summed E-state index contributed by atoms with van der Waals surface area (Å²) in [5.41, 5.74) is 7.80. The van der Waals surface area contributed by atoms with Crippen LogP contribution >= 0.6 is 0 Å². The zero-order chi connectivity index (χ0) is 28.4. The Morgan fingerprint density at radius 1 is 1.15 bits per heavy atom. The molecule has 1 saturated heterocycles. The fraction of sp³-hybridized carbons (Fsp3) is 0.310. The molecule has 3 N–H and O–H groups in total. The number of carbonyl (C=O) groups is 2. The van der Waals surface area contributed by atoms with Gasteiger partial charge in [-0.3, -0.25) is 4.79 Å². The van der Waals surface area contributed by atoms with E-state index in [1.54, 1.807) is 31.3 Å². The normalized spacial score (nSPS) is 16.9. The second kappa shape index (κ2) is 11.4. The molecule has 5 rings (SSSR count). The number of Topliss-reactive ketones (excluding diaryl/α,β-unsaturated/α-hetero) is 1. The van der Waals surface area contributed by atoms with E-state index in [2.05, 4.69) is 10.1 Å². The quantitative estimate of drug-likeness (QED) is 0.236. The minimum absolute atomic E-state index is 0.0211. The van der Waals surface area contributed by atoms with Crippen molar-refractivity contribution in [3.8, 4) is 0 Å². The Bertz CT molecular complexity index is 1560. The van der Waals surface area contributed by atoms with Crippen molar-refractivity contribution in [1.82, 2.24) is 14.6 Å². The van der Waals surface area contributed by atoms with Crippen LogP contribution in [0.15, 0.2) is 54.7 Å². The van der Waals surface area contributed by atoms with E-state index >= 15 is 0 Å². The molecule has 40 heavy (non-hydrogen) atoms. The van der Waals surface area contributed by atoms with Crippen LogP contribution in [-0.2, 0) is 11.2 Å². The Kier molecular flexibility index (Phi) is 7.74. The zero-order valence-electron chi connectivity index (χ0n) is 21.9. The van der Waals surface area contributed by atoms with Gasteiger partial charge >= 0.3 is 5.97 Å². The fourth-order valence-electron chi connectivity index (χ4n) is 5.25. The highest BCUT2D eigenvalue weighted by Gasteiger charge is 2.37. The Balaban J connectivity index is 1.48. The second-order valence-electron chi connectivity index (χ2n) is 9.77. The molecule has 1 fully saturated rings. The predicted octanol–water partition coefficient (Wildman–Crippen LogP) is 4.14. The molecule has 208 valence electrons. The maximum atomic E-state index is 15.0. The molecular weight excluding hydrogens is 520 g/mol. The van der Waals surface area contributed by atoms with Crippen LogP contribution < -0.4 is 10.6 Å². The SMILES string of the molecule is CCOC(=O)c1c(N)nn2ccc(N3CC(CC(=O)c4ccc(CCO)cc4)CC3c3cc(F)ccc3F)nc12. The minimum atomic E-state index is -0.665. The van der Waals surface area contributed by atoms with Crippen LogP contribution in [0.5, 0.6) is 0 Å². The van der Waals surface area contributed by atoms with Crippen LogP contribution in [0.1, 0.15) is 57.7 Å². The van der Waals surface area contributed by atoms with Crippen LogP contribution in [0.3, 0.4) is 0 Å². The molecule has 3 heterocycles. The van der Waals surface area contributed by atoms with Crippen molar-refractivity contribution in [2.45, 2.75) is 32.2 Å². The van der Waals surface area contributed by atoms with Gasteiger partial charge in [-0.25, -0.2) is 23.1 Å². The van der Waals surface area contributed by atoms with E-state index in [0.29, 0.717) is 30.8 Å². The number of esters is 1. The molecule has 2 aromatic carbocycles. The number of ketones is 1. The Labute approximate surface area is 229 Å². The summed E-state index contributed by atoms with van der Waals surface area (Å²) in [6.07, 6.45) is 2.67. The molecule has 2 atom stereocenters. The lowest BCUT2D eigenvalue weighted by Gasteiger charge is -2.26. The molecule has 1 aliphatic heterocycles. The summed E-state index contributed by atoms with van der Waals surface area (Å²) in [5.74, 6) is -1.70. The highest BCUT2D eigenvalue weighted by Crippen LogP contribution is 2.41. The Hall–Kier alpha value is -4.38. The van der Waals surface area contributed by atoms with Gasteiger partial charge in [-0.2, -0.15) is 0 Å². The molecule has 11 heteroatoms. The molecule has 0 spiro atoms. The molecule has 9 nitrogen and oxygen atoms in total. The maximum Gasteiger partial charge on any atom is 0.345 e. The monoisotopic (exact) mass is 549 g/mol. The average molecular weight is 550 g/mol. The minimum Gasteiger partial charge on any atom is -0.462 e. The number of nitrogen functional groups attached to an aromatic ring is 1. The Morgan fingerprint density at radius 3 is 2.65 bits per heavy atom. The van der Waals surface area contributed by atoms with Crippen molar-refractivity contribution in [1.29, 1.82) is 0 Å². The van der Waals surface area contributed by atoms with Crippen molar-refractivity contribution < 1.29 is 28.2 Å². The summed E-state index contributed by atoms with van der Waals surface area (Å²) in [5, 5.41) is 13.3.